The lowest BCUT2D eigenvalue weighted by Crippen LogP contribution is -2.03. The molecule has 18 heavy (non-hydrogen) atoms. The van der Waals surface area contributed by atoms with Gasteiger partial charge in [0.1, 0.15) is 5.82 Å². The van der Waals surface area contributed by atoms with Crippen LogP contribution >= 0.6 is 0 Å². The smallest absolute Gasteiger partial charge is 0.356 e. The van der Waals surface area contributed by atoms with E-state index in [2.05, 4.69) is 5.10 Å². The second-order valence-electron chi connectivity index (χ2n) is 3.67. The quantitative estimate of drug-likeness (QED) is 0.841. The van der Waals surface area contributed by atoms with E-state index in [9.17, 15) is 4.79 Å². The van der Waals surface area contributed by atoms with Crippen LogP contribution < -0.4 is 5.73 Å². The molecule has 1 aromatic carbocycles. The van der Waals surface area contributed by atoms with Gasteiger partial charge in [-0.05, 0) is 17.7 Å². The van der Waals surface area contributed by atoms with E-state index >= 15 is 0 Å². The van der Waals surface area contributed by atoms with Crippen molar-refractivity contribution in [3.63, 3.8) is 0 Å². The summed E-state index contributed by atoms with van der Waals surface area (Å²) in [7, 11) is 0. The largest absolute Gasteiger partial charge is 0.476 e. The number of aromatic carboxylic acids is 1. The highest BCUT2D eigenvalue weighted by atomic mass is 16.4. The molecule has 90 valence electrons. The van der Waals surface area contributed by atoms with Gasteiger partial charge in [0.05, 0.1) is 18.2 Å². The second kappa shape index (κ2) is 4.59. The van der Waals surface area contributed by atoms with Crippen LogP contribution in [0.4, 0.5) is 5.82 Å². The third-order valence-electron chi connectivity index (χ3n) is 2.42. The predicted octanol–water partition coefficient (Wildman–Crippen LogP) is 1.22. The van der Waals surface area contributed by atoms with Crippen molar-refractivity contribution in [3.05, 3.63) is 41.6 Å². The molecule has 0 saturated carbocycles. The zero-order chi connectivity index (χ0) is 13.1. The molecule has 0 aliphatic carbocycles. The lowest BCUT2D eigenvalue weighted by Gasteiger charge is -2.04. The van der Waals surface area contributed by atoms with E-state index in [0.717, 1.165) is 5.56 Å². The maximum Gasteiger partial charge on any atom is 0.356 e. The van der Waals surface area contributed by atoms with Gasteiger partial charge in [0.25, 0.3) is 0 Å². The molecule has 2 aromatic rings. The molecule has 0 radical (unpaired) electrons. The molecule has 1 heterocycles. The van der Waals surface area contributed by atoms with Crippen molar-refractivity contribution >= 4 is 11.8 Å². The zero-order valence-corrected chi connectivity index (χ0v) is 9.37. The van der Waals surface area contributed by atoms with Gasteiger partial charge >= 0.3 is 5.97 Å². The first kappa shape index (κ1) is 11.7. The SMILES string of the molecule is N#CCc1ccc(-n2nc(C(=O)O)cc2N)cc1. The van der Waals surface area contributed by atoms with Gasteiger partial charge in [-0.1, -0.05) is 12.1 Å². The highest BCUT2D eigenvalue weighted by Crippen LogP contribution is 2.15. The van der Waals surface area contributed by atoms with Gasteiger partial charge in [0.15, 0.2) is 5.69 Å². The van der Waals surface area contributed by atoms with Gasteiger partial charge < -0.3 is 10.8 Å². The zero-order valence-electron chi connectivity index (χ0n) is 9.37. The molecule has 0 saturated heterocycles. The van der Waals surface area contributed by atoms with Crippen molar-refractivity contribution in [2.75, 3.05) is 5.73 Å². The molecular weight excluding hydrogens is 232 g/mol. The Bertz CT molecular complexity index is 623. The van der Waals surface area contributed by atoms with E-state index < -0.39 is 5.97 Å². The highest BCUT2D eigenvalue weighted by molar-refractivity contribution is 5.86. The third kappa shape index (κ3) is 2.15. The molecule has 1 aromatic heterocycles. The summed E-state index contributed by atoms with van der Waals surface area (Å²) in [4.78, 5) is 10.8. The summed E-state index contributed by atoms with van der Waals surface area (Å²) in [6.07, 6.45) is 0.329. The summed E-state index contributed by atoms with van der Waals surface area (Å²) >= 11 is 0. The molecule has 0 fully saturated rings. The van der Waals surface area contributed by atoms with Crippen molar-refractivity contribution < 1.29 is 9.90 Å². The van der Waals surface area contributed by atoms with Crippen LogP contribution in [0, 0.1) is 11.3 Å². The maximum absolute atomic E-state index is 10.8. The summed E-state index contributed by atoms with van der Waals surface area (Å²) in [5.74, 6) is -0.873. The fourth-order valence-corrected chi connectivity index (χ4v) is 1.55. The molecular formula is C12H10N4O2. The van der Waals surface area contributed by atoms with E-state index in [1.165, 1.54) is 10.7 Å². The summed E-state index contributed by atoms with van der Waals surface area (Å²) in [5.41, 5.74) is 7.12. The van der Waals surface area contributed by atoms with Crippen LogP contribution in [0.3, 0.4) is 0 Å². The average Bonchev–Trinajstić information content (AvgIpc) is 2.73. The summed E-state index contributed by atoms with van der Waals surface area (Å²) in [5, 5.41) is 21.3. The van der Waals surface area contributed by atoms with Crippen LogP contribution in [0.2, 0.25) is 0 Å². The number of carbonyl (C=O) groups is 1. The number of hydrogen-bond donors (Lipinski definition) is 2. The summed E-state index contributed by atoms with van der Waals surface area (Å²) in [6.45, 7) is 0. The number of anilines is 1. The van der Waals surface area contributed by atoms with Crippen LogP contribution in [0.1, 0.15) is 16.1 Å². The lowest BCUT2D eigenvalue weighted by atomic mass is 10.1. The number of carboxylic acid groups (broad SMARTS) is 1. The van der Waals surface area contributed by atoms with Gasteiger partial charge in [0, 0.05) is 6.07 Å². The van der Waals surface area contributed by atoms with E-state index in [0.29, 0.717) is 12.1 Å². The fraction of sp³-hybridized carbons (Fsp3) is 0.0833. The van der Waals surface area contributed by atoms with Crippen LogP contribution in [0.25, 0.3) is 5.69 Å². The predicted molar refractivity (Wildman–Crippen MR) is 64.3 cm³/mol. The van der Waals surface area contributed by atoms with Crippen LogP contribution in [-0.4, -0.2) is 20.9 Å². The monoisotopic (exact) mass is 242 g/mol. The Kier molecular flexibility index (Phi) is 2.98. The van der Waals surface area contributed by atoms with Crippen molar-refractivity contribution in [2.45, 2.75) is 6.42 Å². The van der Waals surface area contributed by atoms with Gasteiger partial charge in [-0.15, -0.1) is 0 Å². The number of hydrogen-bond acceptors (Lipinski definition) is 4. The average molecular weight is 242 g/mol. The van der Waals surface area contributed by atoms with Crippen LogP contribution in [0.5, 0.6) is 0 Å². The Morgan fingerprint density at radius 3 is 2.61 bits per heavy atom. The molecule has 0 bridgehead atoms. The number of nitrogens with zero attached hydrogens (tertiary/aromatic N) is 3. The molecule has 0 aliphatic rings. The molecule has 0 spiro atoms. The minimum atomic E-state index is -1.12. The number of nitriles is 1. The standard InChI is InChI=1S/C12H10N4O2/c13-6-5-8-1-3-9(4-2-8)16-11(14)7-10(15-16)12(17)18/h1-4,7H,5,14H2,(H,17,18). The summed E-state index contributed by atoms with van der Waals surface area (Å²) in [6, 6.07) is 10.4. The Labute approximate surface area is 103 Å². The Morgan fingerprint density at radius 1 is 1.44 bits per heavy atom. The summed E-state index contributed by atoms with van der Waals surface area (Å²) < 4.78 is 1.35. The Hall–Kier alpha value is -2.81. The molecule has 0 amide bonds. The minimum Gasteiger partial charge on any atom is -0.476 e. The van der Waals surface area contributed by atoms with E-state index in [1.807, 2.05) is 6.07 Å². The number of benzene rings is 1. The number of rotatable bonds is 3. The molecule has 6 nitrogen and oxygen atoms in total. The molecule has 0 atom stereocenters. The highest BCUT2D eigenvalue weighted by Gasteiger charge is 2.12. The number of aromatic nitrogens is 2. The molecule has 0 aliphatic heterocycles. The van der Waals surface area contributed by atoms with E-state index in [1.54, 1.807) is 24.3 Å². The van der Waals surface area contributed by atoms with Crippen LogP contribution in [0.15, 0.2) is 30.3 Å². The first-order valence-electron chi connectivity index (χ1n) is 5.17. The van der Waals surface area contributed by atoms with Crippen molar-refractivity contribution in [1.29, 1.82) is 5.26 Å². The second-order valence-corrected chi connectivity index (χ2v) is 3.67. The van der Waals surface area contributed by atoms with Crippen molar-refractivity contribution in [1.82, 2.24) is 9.78 Å². The first-order chi connectivity index (χ1) is 8.61. The van der Waals surface area contributed by atoms with Crippen molar-refractivity contribution in [3.8, 4) is 11.8 Å². The van der Waals surface area contributed by atoms with Gasteiger partial charge in [-0.2, -0.15) is 10.4 Å². The third-order valence-corrected chi connectivity index (χ3v) is 2.42. The molecule has 2 rings (SSSR count). The Balaban J connectivity index is 2.37. The molecule has 0 unspecified atom stereocenters. The normalized spacial score (nSPS) is 9.94. The lowest BCUT2D eigenvalue weighted by molar-refractivity contribution is 0.0690. The van der Waals surface area contributed by atoms with Crippen molar-refractivity contribution in [2.24, 2.45) is 0 Å². The minimum absolute atomic E-state index is 0.103. The Morgan fingerprint density at radius 2 is 2.11 bits per heavy atom. The first-order valence-corrected chi connectivity index (χ1v) is 5.17. The fourth-order valence-electron chi connectivity index (χ4n) is 1.55. The topological polar surface area (TPSA) is 105 Å². The van der Waals surface area contributed by atoms with Gasteiger partial charge in [-0.25, -0.2) is 9.48 Å². The molecule has 6 heteroatoms. The molecule has 3 N–H and O–H groups in total. The maximum atomic E-state index is 10.8. The number of nitrogen functional groups attached to an aromatic ring is 1. The van der Waals surface area contributed by atoms with E-state index in [-0.39, 0.29) is 11.5 Å². The van der Waals surface area contributed by atoms with Gasteiger partial charge in [0.2, 0.25) is 0 Å². The number of nitrogens with two attached hydrogens (primary N) is 1. The van der Waals surface area contributed by atoms with E-state index in [4.69, 9.17) is 16.1 Å². The van der Waals surface area contributed by atoms with Crippen LogP contribution in [-0.2, 0) is 6.42 Å². The van der Waals surface area contributed by atoms with Gasteiger partial charge in [-0.3, -0.25) is 0 Å². The number of carboxylic acids is 1.